The minimum Gasteiger partial charge on any atom is -0.494 e. The van der Waals surface area contributed by atoms with Crippen molar-refractivity contribution in [2.24, 2.45) is 5.92 Å². The van der Waals surface area contributed by atoms with Crippen LogP contribution in [0.25, 0.3) is 0 Å². The molecule has 0 aromatic heterocycles. The molecule has 29 heavy (non-hydrogen) atoms. The van der Waals surface area contributed by atoms with Crippen molar-refractivity contribution in [3.63, 3.8) is 0 Å². The number of piperidine rings is 1. The van der Waals surface area contributed by atoms with E-state index >= 15 is 0 Å². The first-order valence-electron chi connectivity index (χ1n) is 9.61. The van der Waals surface area contributed by atoms with E-state index in [0.717, 1.165) is 5.56 Å². The van der Waals surface area contributed by atoms with Crippen LogP contribution in [0.1, 0.15) is 25.3 Å². The van der Waals surface area contributed by atoms with Crippen LogP contribution in [0.15, 0.2) is 47.4 Å². The molecule has 1 saturated heterocycles. The molecule has 0 spiro atoms. The summed E-state index contributed by atoms with van der Waals surface area (Å²) >= 11 is 5.96. The lowest BCUT2D eigenvalue weighted by Gasteiger charge is -2.31. The molecule has 0 radical (unpaired) electrons. The maximum atomic E-state index is 13.1. The number of hydrogen-bond donors (Lipinski definition) is 1. The number of rotatable bonds is 6. The molecule has 1 N–H and O–H groups in total. The molecule has 1 fully saturated rings. The Balaban J connectivity index is 1.73. The van der Waals surface area contributed by atoms with Gasteiger partial charge in [0.1, 0.15) is 5.75 Å². The van der Waals surface area contributed by atoms with Crippen LogP contribution in [0.5, 0.6) is 5.75 Å². The highest BCUT2D eigenvalue weighted by Crippen LogP contribution is 2.28. The van der Waals surface area contributed by atoms with Gasteiger partial charge in [0.2, 0.25) is 15.9 Å². The third-order valence-corrected chi connectivity index (χ3v) is 7.03. The van der Waals surface area contributed by atoms with Crippen molar-refractivity contribution in [2.75, 3.05) is 25.0 Å². The van der Waals surface area contributed by atoms with Crippen molar-refractivity contribution in [1.82, 2.24) is 4.31 Å². The van der Waals surface area contributed by atoms with Crippen LogP contribution >= 0.6 is 11.6 Å². The molecule has 0 unspecified atom stereocenters. The summed E-state index contributed by atoms with van der Waals surface area (Å²) in [4.78, 5) is 12.9. The predicted octanol–water partition coefficient (Wildman–Crippen LogP) is 4.09. The SMILES string of the molecule is CCOc1ccc(S(=O)(=O)N2CCC[C@@H](C(=O)Nc3cccc(Cl)c3)C2)cc1C. The molecule has 0 aliphatic carbocycles. The van der Waals surface area contributed by atoms with E-state index in [0.29, 0.717) is 42.5 Å². The van der Waals surface area contributed by atoms with Gasteiger partial charge in [0.05, 0.1) is 17.4 Å². The molecule has 0 saturated carbocycles. The molecule has 2 aromatic carbocycles. The molecule has 1 amide bonds. The van der Waals surface area contributed by atoms with E-state index in [4.69, 9.17) is 16.3 Å². The Morgan fingerprint density at radius 1 is 1.28 bits per heavy atom. The highest BCUT2D eigenvalue weighted by Gasteiger charge is 2.33. The Hall–Kier alpha value is -2.09. The first-order chi connectivity index (χ1) is 13.8. The van der Waals surface area contributed by atoms with Gasteiger partial charge in [0.15, 0.2) is 0 Å². The van der Waals surface area contributed by atoms with Gasteiger partial charge in [-0.05, 0) is 68.7 Å². The third-order valence-electron chi connectivity index (χ3n) is 4.93. The van der Waals surface area contributed by atoms with Crippen LogP contribution in [0, 0.1) is 12.8 Å². The van der Waals surface area contributed by atoms with Crippen LogP contribution < -0.4 is 10.1 Å². The monoisotopic (exact) mass is 436 g/mol. The van der Waals surface area contributed by atoms with Crippen molar-refractivity contribution in [3.8, 4) is 5.75 Å². The molecule has 8 heteroatoms. The second-order valence-electron chi connectivity index (χ2n) is 7.06. The maximum Gasteiger partial charge on any atom is 0.243 e. The molecular weight excluding hydrogens is 412 g/mol. The highest BCUT2D eigenvalue weighted by atomic mass is 35.5. The maximum absolute atomic E-state index is 13.1. The summed E-state index contributed by atoms with van der Waals surface area (Å²) in [5.74, 6) is 0.0558. The zero-order chi connectivity index (χ0) is 21.0. The summed E-state index contributed by atoms with van der Waals surface area (Å²) < 4.78 is 33.1. The molecular formula is C21H25ClN2O4S. The van der Waals surface area contributed by atoms with E-state index in [-0.39, 0.29) is 17.3 Å². The number of nitrogens with zero attached hydrogens (tertiary/aromatic N) is 1. The van der Waals surface area contributed by atoms with Crippen molar-refractivity contribution in [1.29, 1.82) is 0 Å². The van der Waals surface area contributed by atoms with Gasteiger partial charge in [-0.1, -0.05) is 17.7 Å². The smallest absolute Gasteiger partial charge is 0.243 e. The third kappa shape index (κ3) is 5.10. The van der Waals surface area contributed by atoms with Gasteiger partial charge < -0.3 is 10.1 Å². The number of carbonyl (C=O) groups is 1. The fraction of sp³-hybridized carbons (Fsp3) is 0.381. The first kappa shape index (κ1) is 21.6. The van der Waals surface area contributed by atoms with Gasteiger partial charge in [0.25, 0.3) is 0 Å². The topological polar surface area (TPSA) is 75.7 Å². The molecule has 1 heterocycles. The summed E-state index contributed by atoms with van der Waals surface area (Å²) in [6, 6.07) is 11.8. The lowest BCUT2D eigenvalue weighted by atomic mass is 9.99. The molecule has 156 valence electrons. The second kappa shape index (κ2) is 9.15. The van der Waals surface area contributed by atoms with Gasteiger partial charge in [0, 0.05) is 23.8 Å². The summed E-state index contributed by atoms with van der Waals surface area (Å²) in [5.41, 5.74) is 1.37. The van der Waals surface area contributed by atoms with Crippen molar-refractivity contribution < 1.29 is 17.9 Å². The molecule has 1 aliphatic heterocycles. The van der Waals surface area contributed by atoms with Gasteiger partial charge >= 0.3 is 0 Å². The Kier molecular flexibility index (Phi) is 6.82. The molecule has 6 nitrogen and oxygen atoms in total. The number of aryl methyl sites for hydroxylation is 1. The fourth-order valence-corrected chi connectivity index (χ4v) is 5.23. The van der Waals surface area contributed by atoms with Gasteiger partial charge in [-0.2, -0.15) is 4.31 Å². The molecule has 2 aromatic rings. The number of sulfonamides is 1. The number of ether oxygens (including phenoxy) is 1. The van der Waals surface area contributed by atoms with E-state index < -0.39 is 15.9 Å². The average molecular weight is 437 g/mol. The van der Waals surface area contributed by atoms with Crippen molar-refractivity contribution in [2.45, 2.75) is 31.6 Å². The normalized spacial score (nSPS) is 17.7. The number of halogens is 1. The summed E-state index contributed by atoms with van der Waals surface area (Å²) in [6.07, 6.45) is 1.27. The van der Waals surface area contributed by atoms with Crippen molar-refractivity contribution >= 4 is 33.2 Å². The van der Waals surface area contributed by atoms with E-state index in [1.807, 2.05) is 13.8 Å². The number of benzene rings is 2. The number of hydrogen-bond acceptors (Lipinski definition) is 4. The Morgan fingerprint density at radius 2 is 2.07 bits per heavy atom. The fourth-order valence-electron chi connectivity index (χ4n) is 3.43. The largest absolute Gasteiger partial charge is 0.494 e. The summed E-state index contributed by atoms with van der Waals surface area (Å²) in [6.45, 7) is 4.77. The summed E-state index contributed by atoms with van der Waals surface area (Å²) in [5, 5.41) is 3.36. The van der Waals surface area contributed by atoms with Gasteiger partial charge in [-0.3, -0.25) is 4.79 Å². The van der Waals surface area contributed by atoms with Gasteiger partial charge in [-0.15, -0.1) is 0 Å². The lowest BCUT2D eigenvalue weighted by Crippen LogP contribution is -2.43. The zero-order valence-corrected chi connectivity index (χ0v) is 18.1. The lowest BCUT2D eigenvalue weighted by molar-refractivity contribution is -0.120. The molecule has 1 atom stereocenters. The minimum absolute atomic E-state index is 0.154. The first-order valence-corrected chi connectivity index (χ1v) is 11.4. The number of amides is 1. The van der Waals surface area contributed by atoms with Crippen LogP contribution in [0.3, 0.4) is 0 Å². The van der Waals surface area contributed by atoms with Crippen molar-refractivity contribution in [3.05, 3.63) is 53.1 Å². The standard InChI is InChI=1S/C21H25ClN2O4S/c1-3-28-20-10-9-19(12-15(20)2)29(26,27)24-11-5-6-16(14-24)21(25)23-18-8-4-7-17(22)13-18/h4,7-10,12-13,16H,3,5-6,11,14H2,1-2H3,(H,23,25)/t16-/m1/s1. The predicted molar refractivity (Wildman–Crippen MR) is 114 cm³/mol. The van der Waals surface area contributed by atoms with Crippen LogP contribution in [0.4, 0.5) is 5.69 Å². The number of anilines is 1. The van der Waals surface area contributed by atoms with E-state index in [1.165, 1.54) is 4.31 Å². The van der Waals surface area contributed by atoms with Gasteiger partial charge in [-0.25, -0.2) is 8.42 Å². The minimum atomic E-state index is -3.69. The van der Waals surface area contributed by atoms with E-state index in [1.54, 1.807) is 42.5 Å². The molecule has 1 aliphatic rings. The van der Waals surface area contributed by atoms with Crippen LogP contribution in [0.2, 0.25) is 5.02 Å². The Morgan fingerprint density at radius 3 is 2.76 bits per heavy atom. The average Bonchev–Trinajstić information content (AvgIpc) is 2.69. The Bertz CT molecular complexity index is 994. The Labute approximate surface area is 176 Å². The molecule has 0 bridgehead atoms. The zero-order valence-electron chi connectivity index (χ0n) is 16.5. The van der Waals surface area contributed by atoms with Crippen LogP contribution in [-0.4, -0.2) is 38.3 Å². The quantitative estimate of drug-likeness (QED) is 0.740. The summed E-state index contributed by atoms with van der Waals surface area (Å²) in [7, 11) is -3.69. The molecule has 3 rings (SSSR count). The number of carbonyl (C=O) groups excluding carboxylic acids is 1. The van der Waals surface area contributed by atoms with Crippen LogP contribution in [-0.2, 0) is 14.8 Å². The van der Waals surface area contributed by atoms with E-state index in [9.17, 15) is 13.2 Å². The highest BCUT2D eigenvalue weighted by molar-refractivity contribution is 7.89. The number of nitrogens with one attached hydrogen (secondary N) is 1. The second-order valence-corrected chi connectivity index (χ2v) is 9.44. The van der Waals surface area contributed by atoms with E-state index in [2.05, 4.69) is 5.32 Å².